The Morgan fingerprint density at radius 1 is 1.15 bits per heavy atom. The third-order valence-electron chi connectivity index (χ3n) is 3.18. The molecule has 2 aromatic heterocycles. The molecule has 0 radical (unpaired) electrons. The molecule has 3 rings (SSSR count). The zero-order valence-electron chi connectivity index (χ0n) is 11.2. The second-order valence-electron chi connectivity index (χ2n) is 4.68. The molecule has 20 heavy (non-hydrogen) atoms. The van der Waals surface area contributed by atoms with Gasteiger partial charge in [0.1, 0.15) is 0 Å². The summed E-state index contributed by atoms with van der Waals surface area (Å²) in [6, 6.07) is 11.9. The highest BCUT2D eigenvalue weighted by Crippen LogP contribution is 2.23. The normalized spacial score (nSPS) is 10.7. The van der Waals surface area contributed by atoms with Gasteiger partial charge in [-0.2, -0.15) is 5.10 Å². The number of aliphatic hydroxyl groups excluding tert-OH is 1. The Kier molecular flexibility index (Phi) is 3.31. The molecule has 0 unspecified atom stereocenters. The standard InChI is InChI=1S/C16H15N3O/c1-12-3-2-4-15(9-12)19-10-14(11-20)16(18-19)13-5-7-17-8-6-13/h2-10,20H,11H2,1H3. The van der Waals surface area contributed by atoms with E-state index >= 15 is 0 Å². The molecule has 0 saturated carbocycles. The molecule has 4 heteroatoms. The van der Waals surface area contributed by atoms with Gasteiger partial charge in [-0.1, -0.05) is 12.1 Å². The molecule has 0 aliphatic rings. The van der Waals surface area contributed by atoms with Crippen LogP contribution in [-0.4, -0.2) is 19.9 Å². The van der Waals surface area contributed by atoms with Gasteiger partial charge >= 0.3 is 0 Å². The highest BCUT2D eigenvalue weighted by atomic mass is 16.3. The third kappa shape index (κ3) is 2.33. The number of aryl methyl sites for hydroxylation is 1. The maximum absolute atomic E-state index is 9.53. The fourth-order valence-corrected chi connectivity index (χ4v) is 2.18. The van der Waals surface area contributed by atoms with Gasteiger partial charge in [-0.3, -0.25) is 4.98 Å². The van der Waals surface area contributed by atoms with Gasteiger partial charge in [-0.25, -0.2) is 4.68 Å². The number of rotatable bonds is 3. The molecule has 0 saturated heterocycles. The van der Waals surface area contributed by atoms with E-state index < -0.39 is 0 Å². The Morgan fingerprint density at radius 3 is 2.65 bits per heavy atom. The van der Waals surface area contributed by atoms with E-state index in [1.807, 2.05) is 43.5 Å². The van der Waals surface area contributed by atoms with Crippen LogP contribution < -0.4 is 0 Å². The summed E-state index contributed by atoms with van der Waals surface area (Å²) >= 11 is 0. The fraction of sp³-hybridized carbons (Fsp3) is 0.125. The lowest BCUT2D eigenvalue weighted by Gasteiger charge is -2.02. The SMILES string of the molecule is Cc1cccc(-n2cc(CO)c(-c3ccncc3)n2)c1. The maximum Gasteiger partial charge on any atom is 0.0983 e. The highest BCUT2D eigenvalue weighted by Gasteiger charge is 2.11. The van der Waals surface area contributed by atoms with Crippen LogP contribution in [-0.2, 0) is 6.61 Å². The van der Waals surface area contributed by atoms with Crippen molar-refractivity contribution < 1.29 is 5.11 Å². The van der Waals surface area contributed by atoms with E-state index in [0.29, 0.717) is 0 Å². The minimum Gasteiger partial charge on any atom is -0.392 e. The van der Waals surface area contributed by atoms with Crippen LogP contribution in [0.5, 0.6) is 0 Å². The van der Waals surface area contributed by atoms with Crippen molar-refractivity contribution in [3.8, 4) is 16.9 Å². The molecule has 0 atom stereocenters. The second-order valence-corrected chi connectivity index (χ2v) is 4.68. The second kappa shape index (κ2) is 5.27. The van der Waals surface area contributed by atoms with Crippen LogP contribution in [0.4, 0.5) is 0 Å². The molecule has 0 aliphatic heterocycles. The molecular weight excluding hydrogens is 250 g/mol. The Morgan fingerprint density at radius 2 is 1.95 bits per heavy atom. The lowest BCUT2D eigenvalue weighted by atomic mass is 10.1. The number of nitrogens with zero attached hydrogens (tertiary/aromatic N) is 3. The average molecular weight is 265 g/mol. The van der Waals surface area contributed by atoms with Crippen LogP contribution in [0.25, 0.3) is 16.9 Å². The summed E-state index contributed by atoms with van der Waals surface area (Å²) in [5, 5.41) is 14.1. The highest BCUT2D eigenvalue weighted by molar-refractivity contribution is 5.62. The Bertz CT molecular complexity index is 720. The molecule has 1 N–H and O–H groups in total. The van der Waals surface area contributed by atoms with Crippen LogP contribution in [0.3, 0.4) is 0 Å². The summed E-state index contributed by atoms with van der Waals surface area (Å²) in [4.78, 5) is 4.01. The molecule has 2 heterocycles. The van der Waals surface area contributed by atoms with Gasteiger partial charge in [-0.15, -0.1) is 0 Å². The van der Waals surface area contributed by atoms with Crippen molar-refractivity contribution >= 4 is 0 Å². The lowest BCUT2D eigenvalue weighted by Crippen LogP contribution is -1.95. The Hall–Kier alpha value is -2.46. The Labute approximate surface area is 117 Å². The maximum atomic E-state index is 9.53. The van der Waals surface area contributed by atoms with Crippen LogP contribution in [0, 0.1) is 6.92 Å². The number of pyridine rings is 1. The first-order chi connectivity index (χ1) is 9.78. The molecule has 0 aliphatic carbocycles. The van der Waals surface area contributed by atoms with Crippen LogP contribution in [0.2, 0.25) is 0 Å². The van der Waals surface area contributed by atoms with Crippen molar-refractivity contribution in [3.63, 3.8) is 0 Å². The van der Waals surface area contributed by atoms with E-state index in [0.717, 1.165) is 22.5 Å². The predicted molar refractivity (Wildman–Crippen MR) is 77.5 cm³/mol. The largest absolute Gasteiger partial charge is 0.392 e. The van der Waals surface area contributed by atoms with Crippen molar-refractivity contribution in [2.75, 3.05) is 0 Å². The predicted octanol–water partition coefficient (Wildman–Crippen LogP) is 2.74. The minimum absolute atomic E-state index is 0.0382. The van der Waals surface area contributed by atoms with Gasteiger partial charge < -0.3 is 5.11 Å². The van der Waals surface area contributed by atoms with Crippen molar-refractivity contribution in [1.82, 2.24) is 14.8 Å². The number of hydrogen-bond donors (Lipinski definition) is 1. The van der Waals surface area contributed by atoms with E-state index in [2.05, 4.69) is 16.1 Å². The monoisotopic (exact) mass is 265 g/mol. The van der Waals surface area contributed by atoms with E-state index in [1.165, 1.54) is 5.56 Å². The molecule has 0 bridgehead atoms. The summed E-state index contributed by atoms with van der Waals surface area (Å²) in [5.41, 5.74) is 4.71. The molecule has 0 amide bonds. The van der Waals surface area contributed by atoms with Gasteiger partial charge in [0, 0.05) is 29.7 Å². The quantitative estimate of drug-likeness (QED) is 0.792. The molecule has 4 nitrogen and oxygen atoms in total. The Balaban J connectivity index is 2.10. The van der Waals surface area contributed by atoms with Gasteiger partial charge in [-0.05, 0) is 36.8 Å². The smallest absolute Gasteiger partial charge is 0.0983 e. The first-order valence-electron chi connectivity index (χ1n) is 6.45. The fourth-order valence-electron chi connectivity index (χ4n) is 2.18. The molecule has 3 aromatic rings. The third-order valence-corrected chi connectivity index (χ3v) is 3.18. The molecule has 0 fully saturated rings. The number of hydrogen-bond acceptors (Lipinski definition) is 3. The lowest BCUT2D eigenvalue weighted by molar-refractivity contribution is 0.282. The first kappa shape index (κ1) is 12.6. The van der Waals surface area contributed by atoms with Gasteiger partial charge in [0.25, 0.3) is 0 Å². The van der Waals surface area contributed by atoms with Gasteiger partial charge in [0.05, 0.1) is 18.0 Å². The van der Waals surface area contributed by atoms with Crippen LogP contribution in [0.15, 0.2) is 55.0 Å². The van der Waals surface area contributed by atoms with E-state index in [9.17, 15) is 5.11 Å². The summed E-state index contributed by atoms with van der Waals surface area (Å²) in [6.07, 6.45) is 5.31. The van der Waals surface area contributed by atoms with Gasteiger partial charge in [0.2, 0.25) is 0 Å². The van der Waals surface area contributed by atoms with Crippen LogP contribution >= 0.6 is 0 Å². The molecule has 1 aromatic carbocycles. The van der Waals surface area contributed by atoms with Crippen molar-refractivity contribution in [1.29, 1.82) is 0 Å². The molecule has 0 spiro atoms. The van der Waals surface area contributed by atoms with Crippen molar-refractivity contribution in [3.05, 3.63) is 66.1 Å². The summed E-state index contributed by atoms with van der Waals surface area (Å²) < 4.78 is 1.80. The van der Waals surface area contributed by atoms with Crippen molar-refractivity contribution in [2.45, 2.75) is 13.5 Å². The first-order valence-corrected chi connectivity index (χ1v) is 6.45. The van der Waals surface area contributed by atoms with Crippen LogP contribution in [0.1, 0.15) is 11.1 Å². The summed E-state index contributed by atoms with van der Waals surface area (Å²) in [7, 11) is 0. The summed E-state index contributed by atoms with van der Waals surface area (Å²) in [5.74, 6) is 0. The topological polar surface area (TPSA) is 50.9 Å². The van der Waals surface area contributed by atoms with E-state index in [1.54, 1.807) is 17.1 Å². The van der Waals surface area contributed by atoms with Crippen molar-refractivity contribution in [2.24, 2.45) is 0 Å². The van der Waals surface area contributed by atoms with E-state index in [4.69, 9.17) is 0 Å². The average Bonchev–Trinajstić information content (AvgIpc) is 2.92. The number of aliphatic hydroxyl groups is 1. The molecule has 100 valence electrons. The molecular formula is C16H15N3O. The number of aromatic nitrogens is 3. The van der Waals surface area contributed by atoms with Gasteiger partial charge in [0.15, 0.2) is 0 Å². The zero-order valence-corrected chi connectivity index (χ0v) is 11.2. The summed E-state index contributed by atoms with van der Waals surface area (Å²) in [6.45, 7) is 2.01. The number of benzene rings is 1. The zero-order chi connectivity index (χ0) is 13.9. The minimum atomic E-state index is -0.0382. The van der Waals surface area contributed by atoms with E-state index in [-0.39, 0.29) is 6.61 Å².